The molecule has 1 aromatic heterocycles. The van der Waals surface area contributed by atoms with Gasteiger partial charge in [-0.05, 0) is 42.5 Å². The summed E-state index contributed by atoms with van der Waals surface area (Å²) < 4.78 is 13.0. The van der Waals surface area contributed by atoms with Crippen molar-refractivity contribution in [3.63, 3.8) is 0 Å². The van der Waals surface area contributed by atoms with Crippen LogP contribution in [-0.2, 0) is 10.5 Å². The van der Waals surface area contributed by atoms with Crippen LogP contribution in [0, 0.1) is 5.82 Å². The monoisotopic (exact) mass is 415 g/mol. The Morgan fingerprint density at radius 2 is 1.96 bits per heavy atom. The van der Waals surface area contributed by atoms with Crippen molar-refractivity contribution in [3.05, 3.63) is 71.0 Å². The molecule has 0 aliphatic rings. The van der Waals surface area contributed by atoms with Gasteiger partial charge in [0, 0.05) is 35.0 Å². The van der Waals surface area contributed by atoms with E-state index >= 15 is 0 Å². The van der Waals surface area contributed by atoms with E-state index in [1.165, 1.54) is 35.2 Å². The van der Waals surface area contributed by atoms with Gasteiger partial charge in [-0.1, -0.05) is 6.07 Å². The van der Waals surface area contributed by atoms with E-state index in [9.17, 15) is 14.0 Å². The van der Waals surface area contributed by atoms with Crippen LogP contribution in [-0.4, -0.2) is 29.6 Å². The number of nitrogens with zero attached hydrogens (tertiary/aromatic N) is 1. The maximum Gasteiger partial charge on any atom is 0.251 e. The first kappa shape index (κ1) is 20.0. The molecule has 0 bridgehead atoms. The van der Waals surface area contributed by atoms with Crippen LogP contribution in [0.3, 0.4) is 0 Å². The summed E-state index contributed by atoms with van der Waals surface area (Å²) in [6.45, 7) is 0. The molecule has 2 N–H and O–H groups in total. The zero-order chi connectivity index (χ0) is 19.9. The van der Waals surface area contributed by atoms with Crippen LogP contribution in [0.4, 0.5) is 10.1 Å². The van der Waals surface area contributed by atoms with E-state index < -0.39 is 0 Å². The van der Waals surface area contributed by atoms with Crippen LogP contribution >= 0.6 is 23.1 Å². The van der Waals surface area contributed by atoms with E-state index in [2.05, 4.69) is 15.6 Å². The van der Waals surface area contributed by atoms with Gasteiger partial charge in [-0.3, -0.25) is 9.59 Å². The summed E-state index contributed by atoms with van der Waals surface area (Å²) >= 11 is 2.94. The summed E-state index contributed by atoms with van der Waals surface area (Å²) in [6, 6.07) is 13.0. The average molecular weight is 416 g/mol. The van der Waals surface area contributed by atoms with Gasteiger partial charge >= 0.3 is 0 Å². The van der Waals surface area contributed by atoms with Gasteiger partial charge < -0.3 is 10.6 Å². The number of anilines is 1. The number of hydrogen-bond donors (Lipinski definition) is 2. The molecule has 28 heavy (non-hydrogen) atoms. The molecule has 0 atom stereocenters. The van der Waals surface area contributed by atoms with Gasteiger partial charge in [0.25, 0.3) is 5.91 Å². The summed E-state index contributed by atoms with van der Waals surface area (Å²) in [7, 11) is 1.56. The van der Waals surface area contributed by atoms with Crippen molar-refractivity contribution in [3.8, 4) is 10.6 Å². The number of nitrogens with one attached hydrogen (secondary N) is 2. The maximum atomic E-state index is 13.0. The molecule has 1 heterocycles. The topological polar surface area (TPSA) is 71.1 Å². The summed E-state index contributed by atoms with van der Waals surface area (Å²) in [5, 5.41) is 8.11. The second-order valence-electron chi connectivity index (χ2n) is 5.85. The van der Waals surface area contributed by atoms with Gasteiger partial charge in [0.2, 0.25) is 5.91 Å². The third-order valence-corrected chi connectivity index (χ3v) is 5.67. The molecule has 3 aromatic rings. The highest BCUT2D eigenvalue weighted by Gasteiger charge is 2.09. The number of aromatic nitrogens is 1. The minimum Gasteiger partial charge on any atom is -0.355 e. The first-order valence-electron chi connectivity index (χ1n) is 8.45. The third-order valence-electron chi connectivity index (χ3n) is 3.76. The molecule has 0 fully saturated rings. The highest BCUT2D eigenvalue weighted by atomic mass is 32.2. The molecule has 0 radical (unpaired) electrons. The van der Waals surface area contributed by atoms with Crippen molar-refractivity contribution in [2.45, 2.75) is 5.75 Å². The van der Waals surface area contributed by atoms with Crippen molar-refractivity contribution in [1.82, 2.24) is 10.3 Å². The zero-order valence-corrected chi connectivity index (χ0v) is 16.7. The highest BCUT2D eigenvalue weighted by Crippen LogP contribution is 2.25. The van der Waals surface area contributed by atoms with Crippen molar-refractivity contribution in [2.24, 2.45) is 0 Å². The molecular weight excluding hydrogens is 397 g/mol. The first-order valence-corrected chi connectivity index (χ1v) is 10.5. The Balaban J connectivity index is 1.49. The first-order chi connectivity index (χ1) is 13.5. The quantitative estimate of drug-likeness (QED) is 0.607. The number of hydrogen-bond acceptors (Lipinski definition) is 5. The minimum atomic E-state index is -0.275. The van der Waals surface area contributed by atoms with Crippen LogP contribution in [0.25, 0.3) is 10.6 Å². The lowest BCUT2D eigenvalue weighted by atomic mass is 10.2. The number of rotatable bonds is 7. The standard InChI is InChI=1S/C20H18FN3O2S2/c1-22-19(26)14-3-2-4-16(9-14)23-18(25)12-27-10-17-11-28-20(24-17)13-5-7-15(21)8-6-13/h2-9,11H,10,12H2,1H3,(H,22,26)(H,23,25). The molecule has 144 valence electrons. The minimum absolute atomic E-state index is 0.145. The number of halogens is 1. The summed E-state index contributed by atoms with van der Waals surface area (Å²) in [5.74, 6) is 0.249. The van der Waals surface area contributed by atoms with E-state index in [0.29, 0.717) is 17.0 Å². The Morgan fingerprint density at radius 1 is 1.18 bits per heavy atom. The smallest absolute Gasteiger partial charge is 0.251 e. The van der Waals surface area contributed by atoms with Gasteiger partial charge in [-0.25, -0.2) is 9.37 Å². The fourth-order valence-corrected chi connectivity index (χ4v) is 4.07. The molecule has 0 spiro atoms. The summed E-state index contributed by atoms with van der Waals surface area (Å²) in [6.07, 6.45) is 0. The molecule has 2 aromatic carbocycles. The van der Waals surface area contributed by atoms with E-state index in [4.69, 9.17) is 0 Å². The average Bonchev–Trinajstić information content (AvgIpc) is 3.17. The molecule has 5 nitrogen and oxygen atoms in total. The maximum absolute atomic E-state index is 13.0. The van der Waals surface area contributed by atoms with Crippen LogP contribution in [0.15, 0.2) is 53.9 Å². The Bertz CT molecular complexity index is 974. The second-order valence-corrected chi connectivity index (χ2v) is 7.70. The van der Waals surface area contributed by atoms with Crippen molar-refractivity contribution < 1.29 is 14.0 Å². The molecule has 0 saturated carbocycles. The Kier molecular flexibility index (Phi) is 6.78. The Hall–Kier alpha value is -2.71. The van der Waals surface area contributed by atoms with Crippen LogP contribution in [0.2, 0.25) is 0 Å². The van der Waals surface area contributed by atoms with E-state index in [0.717, 1.165) is 16.3 Å². The lowest BCUT2D eigenvalue weighted by Gasteiger charge is -2.06. The van der Waals surface area contributed by atoms with Gasteiger partial charge in [0.1, 0.15) is 10.8 Å². The summed E-state index contributed by atoms with van der Waals surface area (Å²) in [4.78, 5) is 28.3. The Labute approximate surface area is 170 Å². The van der Waals surface area contributed by atoms with E-state index in [1.807, 2.05) is 5.38 Å². The molecule has 0 aliphatic carbocycles. The van der Waals surface area contributed by atoms with Crippen molar-refractivity contribution in [2.75, 3.05) is 18.1 Å². The molecule has 8 heteroatoms. The van der Waals surface area contributed by atoms with Gasteiger partial charge in [-0.15, -0.1) is 23.1 Å². The number of carbonyl (C=O) groups excluding carboxylic acids is 2. The molecule has 3 rings (SSSR count). The van der Waals surface area contributed by atoms with Crippen molar-refractivity contribution in [1.29, 1.82) is 0 Å². The number of benzene rings is 2. The molecule has 0 aliphatic heterocycles. The number of carbonyl (C=O) groups is 2. The number of amides is 2. The Morgan fingerprint density at radius 3 is 2.71 bits per heavy atom. The largest absolute Gasteiger partial charge is 0.355 e. The number of thioether (sulfide) groups is 1. The highest BCUT2D eigenvalue weighted by molar-refractivity contribution is 7.99. The summed E-state index contributed by atoms with van der Waals surface area (Å²) in [5.41, 5.74) is 2.82. The van der Waals surface area contributed by atoms with Crippen molar-refractivity contribution >= 4 is 40.6 Å². The van der Waals surface area contributed by atoms with Gasteiger partial charge in [0.15, 0.2) is 0 Å². The molecule has 0 saturated heterocycles. The molecule has 2 amide bonds. The van der Waals surface area contributed by atoms with Crippen LogP contribution < -0.4 is 10.6 Å². The SMILES string of the molecule is CNC(=O)c1cccc(NC(=O)CSCc2csc(-c3ccc(F)cc3)n2)c1. The van der Waals surface area contributed by atoms with E-state index in [1.54, 1.807) is 43.4 Å². The third kappa shape index (κ3) is 5.40. The van der Waals surface area contributed by atoms with Crippen LogP contribution in [0.1, 0.15) is 16.1 Å². The number of thiazole rings is 1. The van der Waals surface area contributed by atoms with E-state index in [-0.39, 0.29) is 23.4 Å². The zero-order valence-electron chi connectivity index (χ0n) is 15.1. The molecule has 0 unspecified atom stereocenters. The van der Waals surface area contributed by atoms with Crippen LogP contribution in [0.5, 0.6) is 0 Å². The second kappa shape index (κ2) is 9.48. The predicted molar refractivity (Wildman–Crippen MR) is 112 cm³/mol. The fourth-order valence-electron chi connectivity index (χ4n) is 2.43. The molecular formula is C20H18FN3O2S2. The fraction of sp³-hybridized carbons (Fsp3) is 0.150. The lowest BCUT2D eigenvalue weighted by Crippen LogP contribution is -2.19. The van der Waals surface area contributed by atoms with Gasteiger partial charge in [-0.2, -0.15) is 0 Å². The lowest BCUT2D eigenvalue weighted by molar-refractivity contribution is -0.113. The van der Waals surface area contributed by atoms with Gasteiger partial charge in [0.05, 0.1) is 11.4 Å². The normalized spacial score (nSPS) is 10.5. The predicted octanol–water partition coefficient (Wildman–Crippen LogP) is 4.18.